The highest BCUT2D eigenvalue weighted by Crippen LogP contribution is 2.25. The van der Waals surface area contributed by atoms with Crippen molar-refractivity contribution >= 4 is 22.5 Å². The molecule has 5 heteroatoms. The molecule has 22 heavy (non-hydrogen) atoms. The van der Waals surface area contributed by atoms with Crippen molar-refractivity contribution in [2.24, 2.45) is 0 Å². The summed E-state index contributed by atoms with van der Waals surface area (Å²) in [5, 5.41) is 9.84. The van der Waals surface area contributed by atoms with Crippen molar-refractivity contribution in [3.63, 3.8) is 0 Å². The molecule has 0 spiro atoms. The van der Waals surface area contributed by atoms with E-state index >= 15 is 0 Å². The Morgan fingerprint density at radius 1 is 0.818 bits per heavy atom. The molecule has 0 aliphatic heterocycles. The van der Waals surface area contributed by atoms with Crippen molar-refractivity contribution in [2.45, 2.75) is 0 Å². The maximum absolute atomic E-state index is 5.98. The van der Waals surface area contributed by atoms with Crippen LogP contribution in [-0.4, -0.2) is 15.2 Å². The molecular formula is C17H10ClN3O. The lowest BCUT2D eigenvalue weighted by molar-refractivity contribution is 0.582. The van der Waals surface area contributed by atoms with Crippen molar-refractivity contribution in [2.75, 3.05) is 0 Å². The van der Waals surface area contributed by atoms with Gasteiger partial charge in [-0.3, -0.25) is 0 Å². The van der Waals surface area contributed by atoms with Crippen molar-refractivity contribution < 1.29 is 4.42 Å². The minimum Gasteiger partial charge on any atom is -0.415 e. The lowest BCUT2D eigenvalue weighted by Crippen LogP contribution is -1.84. The van der Waals surface area contributed by atoms with Crippen LogP contribution in [0.4, 0.5) is 0 Å². The average molecular weight is 308 g/mol. The summed E-state index contributed by atoms with van der Waals surface area (Å²) in [6.07, 6.45) is 0. The van der Waals surface area contributed by atoms with Crippen LogP contribution in [-0.2, 0) is 0 Å². The summed E-state index contributed by atoms with van der Waals surface area (Å²) in [5.74, 6) is 0.813. The Balaban J connectivity index is 1.76. The summed E-state index contributed by atoms with van der Waals surface area (Å²) in [6, 6.07) is 19.0. The largest absolute Gasteiger partial charge is 0.415 e. The molecule has 0 unspecified atom stereocenters. The van der Waals surface area contributed by atoms with E-state index in [1.165, 1.54) is 0 Å². The Morgan fingerprint density at radius 2 is 1.68 bits per heavy atom. The lowest BCUT2D eigenvalue weighted by Gasteiger charge is -1.98. The van der Waals surface area contributed by atoms with Crippen LogP contribution in [0, 0.1) is 0 Å². The first-order valence-electron chi connectivity index (χ1n) is 6.75. The molecule has 2 heterocycles. The Kier molecular flexibility index (Phi) is 3.09. The van der Waals surface area contributed by atoms with Gasteiger partial charge in [0, 0.05) is 16.0 Å². The third kappa shape index (κ3) is 2.34. The highest BCUT2D eigenvalue weighted by Gasteiger charge is 2.12. The standard InChI is InChI=1S/C17H10ClN3O/c18-13-6-3-5-12(10-13)16-20-21-17(22-16)15-9-8-11-4-1-2-7-14(11)19-15/h1-10H. The number of halogens is 1. The van der Waals surface area contributed by atoms with Crippen molar-refractivity contribution in [3.8, 4) is 23.0 Å². The number of aromatic nitrogens is 3. The number of fused-ring (bicyclic) bond motifs is 1. The SMILES string of the molecule is Clc1cccc(-c2nnc(-c3ccc4ccccc4n3)o2)c1. The van der Waals surface area contributed by atoms with Gasteiger partial charge in [0.25, 0.3) is 5.89 Å². The molecule has 0 bridgehead atoms. The minimum atomic E-state index is 0.390. The van der Waals surface area contributed by atoms with E-state index in [0.29, 0.717) is 22.5 Å². The average Bonchev–Trinajstić information content (AvgIpc) is 3.04. The van der Waals surface area contributed by atoms with Crippen LogP contribution in [0.25, 0.3) is 33.9 Å². The van der Waals surface area contributed by atoms with E-state index in [0.717, 1.165) is 16.5 Å². The molecule has 0 N–H and O–H groups in total. The fourth-order valence-corrected chi connectivity index (χ4v) is 2.44. The van der Waals surface area contributed by atoms with Gasteiger partial charge >= 0.3 is 0 Å². The summed E-state index contributed by atoms with van der Waals surface area (Å²) in [5.41, 5.74) is 2.33. The zero-order valence-electron chi connectivity index (χ0n) is 11.4. The van der Waals surface area contributed by atoms with Gasteiger partial charge in [0.15, 0.2) is 0 Å². The predicted octanol–water partition coefficient (Wildman–Crippen LogP) is 4.61. The molecule has 0 aliphatic rings. The van der Waals surface area contributed by atoms with Gasteiger partial charge in [-0.15, -0.1) is 10.2 Å². The maximum Gasteiger partial charge on any atom is 0.266 e. The van der Waals surface area contributed by atoms with Gasteiger partial charge in [0.2, 0.25) is 5.89 Å². The molecule has 0 radical (unpaired) electrons. The van der Waals surface area contributed by atoms with Crippen molar-refractivity contribution in [1.82, 2.24) is 15.2 Å². The lowest BCUT2D eigenvalue weighted by atomic mass is 10.2. The van der Waals surface area contributed by atoms with Gasteiger partial charge in [-0.05, 0) is 30.3 Å². The van der Waals surface area contributed by atoms with E-state index in [2.05, 4.69) is 15.2 Å². The van der Waals surface area contributed by atoms with Crippen LogP contribution in [0.15, 0.2) is 65.1 Å². The maximum atomic E-state index is 5.98. The van der Waals surface area contributed by atoms with Crippen molar-refractivity contribution in [1.29, 1.82) is 0 Å². The Labute approximate surface area is 131 Å². The van der Waals surface area contributed by atoms with E-state index in [1.807, 2.05) is 48.5 Å². The van der Waals surface area contributed by atoms with Gasteiger partial charge in [-0.25, -0.2) is 4.98 Å². The van der Waals surface area contributed by atoms with Crippen LogP contribution in [0.3, 0.4) is 0 Å². The summed E-state index contributed by atoms with van der Waals surface area (Å²) in [4.78, 5) is 4.55. The minimum absolute atomic E-state index is 0.390. The molecule has 0 amide bonds. The molecule has 0 saturated carbocycles. The highest BCUT2D eigenvalue weighted by atomic mass is 35.5. The van der Waals surface area contributed by atoms with Crippen LogP contribution >= 0.6 is 11.6 Å². The Morgan fingerprint density at radius 3 is 2.59 bits per heavy atom. The molecule has 106 valence electrons. The number of nitrogens with zero attached hydrogens (tertiary/aromatic N) is 3. The third-order valence-corrected chi connectivity index (χ3v) is 3.55. The Hall–Kier alpha value is -2.72. The van der Waals surface area contributed by atoms with Gasteiger partial charge < -0.3 is 4.42 Å². The predicted molar refractivity (Wildman–Crippen MR) is 85.5 cm³/mol. The molecule has 4 aromatic rings. The smallest absolute Gasteiger partial charge is 0.266 e. The molecule has 4 nitrogen and oxygen atoms in total. The van der Waals surface area contributed by atoms with Gasteiger partial charge in [-0.1, -0.05) is 41.9 Å². The number of hydrogen-bond acceptors (Lipinski definition) is 4. The topological polar surface area (TPSA) is 51.8 Å². The van der Waals surface area contributed by atoms with E-state index in [1.54, 1.807) is 12.1 Å². The monoisotopic (exact) mass is 307 g/mol. The molecule has 0 atom stereocenters. The number of benzene rings is 2. The van der Waals surface area contributed by atoms with E-state index in [-0.39, 0.29) is 0 Å². The van der Waals surface area contributed by atoms with E-state index < -0.39 is 0 Å². The Bertz CT molecular complexity index is 965. The summed E-state index contributed by atoms with van der Waals surface area (Å²) < 4.78 is 5.72. The van der Waals surface area contributed by atoms with E-state index in [9.17, 15) is 0 Å². The van der Waals surface area contributed by atoms with Gasteiger partial charge in [0.1, 0.15) is 5.69 Å². The number of pyridine rings is 1. The molecular weight excluding hydrogens is 298 g/mol. The fourth-order valence-electron chi connectivity index (χ4n) is 2.25. The normalized spacial score (nSPS) is 11.0. The molecule has 2 aromatic carbocycles. The second kappa shape index (κ2) is 5.24. The molecule has 0 aliphatic carbocycles. The van der Waals surface area contributed by atoms with Crippen LogP contribution in [0.1, 0.15) is 0 Å². The van der Waals surface area contributed by atoms with Gasteiger partial charge in [0.05, 0.1) is 5.52 Å². The zero-order chi connectivity index (χ0) is 14.9. The molecule has 2 aromatic heterocycles. The molecule has 0 saturated heterocycles. The van der Waals surface area contributed by atoms with E-state index in [4.69, 9.17) is 16.0 Å². The first-order chi connectivity index (χ1) is 10.8. The highest BCUT2D eigenvalue weighted by molar-refractivity contribution is 6.30. The first kappa shape index (κ1) is 13.0. The summed E-state index contributed by atoms with van der Waals surface area (Å²) in [6.45, 7) is 0. The molecule has 4 rings (SSSR count). The second-order valence-corrected chi connectivity index (χ2v) is 5.25. The summed E-state index contributed by atoms with van der Waals surface area (Å²) >= 11 is 5.98. The van der Waals surface area contributed by atoms with Crippen LogP contribution < -0.4 is 0 Å². The van der Waals surface area contributed by atoms with Crippen LogP contribution in [0.2, 0.25) is 5.02 Å². The van der Waals surface area contributed by atoms with Crippen molar-refractivity contribution in [3.05, 3.63) is 65.7 Å². The number of para-hydroxylation sites is 1. The number of rotatable bonds is 2. The third-order valence-electron chi connectivity index (χ3n) is 3.31. The number of hydrogen-bond donors (Lipinski definition) is 0. The van der Waals surface area contributed by atoms with Crippen LogP contribution in [0.5, 0.6) is 0 Å². The first-order valence-corrected chi connectivity index (χ1v) is 7.13. The quantitative estimate of drug-likeness (QED) is 0.543. The second-order valence-electron chi connectivity index (χ2n) is 4.81. The summed E-state index contributed by atoms with van der Waals surface area (Å²) in [7, 11) is 0. The fraction of sp³-hybridized carbons (Fsp3) is 0. The molecule has 0 fully saturated rings. The zero-order valence-corrected chi connectivity index (χ0v) is 12.2. The van der Waals surface area contributed by atoms with Gasteiger partial charge in [-0.2, -0.15) is 0 Å².